The summed E-state index contributed by atoms with van der Waals surface area (Å²) >= 11 is 0. The molecule has 25 heavy (non-hydrogen) atoms. The first kappa shape index (κ1) is 30.9. The molecule has 0 aromatic rings. The molecule has 0 saturated heterocycles. The highest BCUT2D eigenvalue weighted by atomic mass is 16.6. The second-order valence-corrected chi connectivity index (χ2v) is 6.76. The molecule has 0 heterocycles. The first-order valence-corrected chi connectivity index (χ1v) is 7.65. The van der Waals surface area contributed by atoms with Gasteiger partial charge in [0.05, 0.1) is 6.42 Å². The van der Waals surface area contributed by atoms with E-state index < -0.39 is 11.2 Å². The van der Waals surface area contributed by atoms with Crippen LogP contribution in [0.2, 0.25) is 0 Å². The molecule has 6 nitrogen and oxygen atoms in total. The minimum Gasteiger partial charge on any atom is -0.460 e. The predicted octanol–water partition coefficient (Wildman–Crippen LogP) is 4.05. The van der Waals surface area contributed by atoms with Crippen molar-refractivity contribution in [3.05, 3.63) is 12.7 Å². The van der Waals surface area contributed by atoms with Crippen molar-refractivity contribution in [2.75, 3.05) is 0 Å². The van der Waals surface area contributed by atoms with E-state index in [4.69, 9.17) is 14.3 Å². The van der Waals surface area contributed by atoms with E-state index in [0.717, 1.165) is 12.4 Å². The van der Waals surface area contributed by atoms with Gasteiger partial charge in [0.25, 0.3) is 0 Å². The standard InChI is InChI=1S/C9H16O3.C7H12O2.C2H4O.CH4/c1-7(10)5-6-8(11)12-9(2,3)4;1-5-6(8)9-7(2,3)4;1-2-3;/h5-6H2,1-4H3;5H,1H2,2-4H3;2H,1H3;1H4. The summed E-state index contributed by atoms with van der Waals surface area (Å²) in [4.78, 5) is 40.8. The molecule has 0 bridgehead atoms. The normalized spacial score (nSPS) is 9.60. The number of ketones is 1. The van der Waals surface area contributed by atoms with E-state index in [2.05, 4.69) is 6.58 Å². The molecule has 0 N–H and O–H groups in total. The number of rotatable bonds is 4. The Morgan fingerprint density at radius 2 is 1.28 bits per heavy atom. The third-order valence-electron chi connectivity index (χ3n) is 1.67. The SMILES string of the molecule is C.C=CC(=O)OC(C)(C)C.CC(=O)CCC(=O)OC(C)(C)C.CC=O. The van der Waals surface area contributed by atoms with Crippen molar-refractivity contribution in [2.24, 2.45) is 0 Å². The molecule has 0 aromatic heterocycles. The van der Waals surface area contributed by atoms with Gasteiger partial charge in [-0.3, -0.25) is 4.79 Å². The summed E-state index contributed by atoms with van der Waals surface area (Å²) in [6.45, 7) is 17.0. The number of esters is 2. The molecule has 0 amide bonds. The molecule has 0 aromatic carbocycles. The Labute approximate surface area is 153 Å². The number of Topliss-reactive ketones (excluding diaryl/α,β-unsaturated/α-hetero) is 1. The molecule has 0 saturated carbocycles. The zero-order valence-electron chi connectivity index (χ0n) is 16.2. The molecule has 0 spiro atoms. The van der Waals surface area contributed by atoms with Crippen molar-refractivity contribution in [1.82, 2.24) is 0 Å². The monoisotopic (exact) mass is 360 g/mol. The maximum atomic E-state index is 11.0. The van der Waals surface area contributed by atoms with Crippen LogP contribution in [0.4, 0.5) is 0 Å². The lowest BCUT2D eigenvalue weighted by Gasteiger charge is -2.19. The van der Waals surface area contributed by atoms with Crippen molar-refractivity contribution in [3.63, 3.8) is 0 Å². The summed E-state index contributed by atoms with van der Waals surface area (Å²) in [5.74, 6) is -0.666. The first-order chi connectivity index (χ1) is 10.7. The van der Waals surface area contributed by atoms with E-state index in [1.165, 1.54) is 13.8 Å². The molecular weight excluding hydrogens is 324 g/mol. The average Bonchev–Trinajstić information content (AvgIpc) is 2.34. The van der Waals surface area contributed by atoms with Gasteiger partial charge in [0, 0.05) is 12.5 Å². The highest BCUT2D eigenvalue weighted by molar-refractivity contribution is 5.81. The molecule has 0 fully saturated rings. The van der Waals surface area contributed by atoms with Crippen molar-refractivity contribution in [3.8, 4) is 0 Å². The Hall–Kier alpha value is -1.98. The fourth-order valence-electron chi connectivity index (χ4n) is 1.01. The minimum atomic E-state index is -0.451. The van der Waals surface area contributed by atoms with Gasteiger partial charge in [-0.15, -0.1) is 0 Å². The van der Waals surface area contributed by atoms with Gasteiger partial charge < -0.3 is 19.1 Å². The fraction of sp³-hybridized carbons (Fsp3) is 0.684. The number of hydrogen-bond donors (Lipinski definition) is 0. The highest BCUT2D eigenvalue weighted by Gasteiger charge is 2.16. The molecule has 0 radical (unpaired) electrons. The van der Waals surface area contributed by atoms with Crippen LogP contribution in [0.1, 0.15) is 75.7 Å². The van der Waals surface area contributed by atoms with Crippen LogP contribution in [-0.4, -0.2) is 35.2 Å². The van der Waals surface area contributed by atoms with Crippen molar-refractivity contribution in [2.45, 2.75) is 86.9 Å². The molecule has 0 aliphatic carbocycles. The van der Waals surface area contributed by atoms with Gasteiger partial charge >= 0.3 is 11.9 Å². The van der Waals surface area contributed by atoms with E-state index in [1.807, 2.05) is 20.8 Å². The average molecular weight is 360 g/mol. The van der Waals surface area contributed by atoms with E-state index in [0.29, 0.717) is 0 Å². The topological polar surface area (TPSA) is 86.7 Å². The van der Waals surface area contributed by atoms with Crippen LogP contribution >= 0.6 is 0 Å². The van der Waals surface area contributed by atoms with Crippen LogP contribution in [0.25, 0.3) is 0 Å². The summed E-state index contributed by atoms with van der Waals surface area (Å²) < 4.78 is 9.83. The lowest BCUT2D eigenvalue weighted by atomic mass is 10.2. The van der Waals surface area contributed by atoms with Crippen molar-refractivity contribution >= 4 is 24.0 Å². The zero-order chi connectivity index (χ0) is 20.0. The maximum Gasteiger partial charge on any atom is 0.330 e. The minimum absolute atomic E-state index is 0. The van der Waals surface area contributed by atoms with E-state index in [1.54, 1.807) is 20.8 Å². The number of carbonyl (C=O) groups is 4. The van der Waals surface area contributed by atoms with E-state index in [9.17, 15) is 14.4 Å². The van der Waals surface area contributed by atoms with Crippen molar-refractivity contribution in [1.29, 1.82) is 0 Å². The third-order valence-corrected chi connectivity index (χ3v) is 1.67. The van der Waals surface area contributed by atoms with Gasteiger partial charge in [0.2, 0.25) is 0 Å². The van der Waals surface area contributed by atoms with Gasteiger partial charge in [0.15, 0.2) is 0 Å². The molecule has 6 heteroatoms. The Balaban J connectivity index is -0.000000151. The van der Waals surface area contributed by atoms with Gasteiger partial charge in [0.1, 0.15) is 23.3 Å². The zero-order valence-corrected chi connectivity index (χ0v) is 16.2. The molecule has 0 aliphatic heterocycles. The highest BCUT2D eigenvalue weighted by Crippen LogP contribution is 2.09. The molecule has 0 aliphatic rings. The van der Waals surface area contributed by atoms with Crippen LogP contribution in [0, 0.1) is 0 Å². The second kappa shape index (κ2) is 15.5. The van der Waals surface area contributed by atoms with Crippen LogP contribution in [0.15, 0.2) is 12.7 Å². The number of aldehydes is 1. The Morgan fingerprint density at radius 3 is 1.48 bits per heavy atom. The quantitative estimate of drug-likeness (QED) is 0.427. The Morgan fingerprint density at radius 1 is 0.920 bits per heavy atom. The Kier molecular flexibility index (Phi) is 19.2. The van der Waals surface area contributed by atoms with Crippen LogP contribution in [-0.2, 0) is 28.7 Å². The second-order valence-electron chi connectivity index (χ2n) is 6.76. The number of hydrogen-bond acceptors (Lipinski definition) is 6. The van der Waals surface area contributed by atoms with Crippen LogP contribution in [0.5, 0.6) is 0 Å². The summed E-state index contributed by atoms with van der Waals surface area (Å²) in [6.07, 6.45) is 2.37. The largest absolute Gasteiger partial charge is 0.460 e. The van der Waals surface area contributed by atoms with Gasteiger partial charge in [-0.05, 0) is 55.4 Å². The molecule has 148 valence electrons. The lowest BCUT2D eigenvalue weighted by Crippen LogP contribution is -2.23. The maximum absolute atomic E-state index is 11.0. The predicted molar refractivity (Wildman–Crippen MR) is 100 cm³/mol. The lowest BCUT2D eigenvalue weighted by molar-refractivity contribution is -0.155. The van der Waals surface area contributed by atoms with Gasteiger partial charge in [-0.1, -0.05) is 14.0 Å². The van der Waals surface area contributed by atoms with Gasteiger partial charge in [-0.25, -0.2) is 4.79 Å². The van der Waals surface area contributed by atoms with E-state index in [-0.39, 0.29) is 38.0 Å². The third kappa shape index (κ3) is 39.1. The molecular formula is C19H36O6. The molecule has 0 atom stereocenters. The first-order valence-electron chi connectivity index (χ1n) is 7.65. The fourth-order valence-corrected chi connectivity index (χ4v) is 1.01. The number of carbonyl (C=O) groups excluding carboxylic acids is 4. The Bertz CT molecular complexity index is 411. The number of ether oxygens (including phenoxy) is 2. The van der Waals surface area contributed by atoms with Crippen LogP contribution in [0.3, 0.4) is 0 Å². The smallest absolute Gasteiger partial charge is 0.330 e. The summed E-state index contributed by atoms with van der Waals surface area (Å²) in [6, 6.07) is 0. The van der Waals surface area contributed by atoms with Gasteiger partial charge in [-0.2, -0.15) is 0 Å². The summed E-state index contributed by atoms with van der Waals surface area (Å²) in [5.41, 5.74) is -0.848. The van der Waals surface area contributed by atoms with Crippen molar-refractivity contribution < 1.29 is 28.7 Å². The summed E-state index contributed by atoms with van der Waals surface area (Å²) in [5, 5.41) is 0. The molecule has 0 rings (SSSR count). The summed E-state index contributed by atoms with van der Waals surface area (Å²) in [7, 11) is 0. The molecule has 0 unspecified atom stereocenters. The van der Waals surface area contributed by atoms with Crippen LogP contribution < -0.4 is 0 Å². The van der Waals surface area contributed by atoms with E-state index >= 15 is 0 Å².